The fourth-order valence-corrected chi connectivity index (χ4v) is 1.42. The lowest BCUT2D eigenvalue weighted by Crippen LogP contribution is -2.18. The molecule has 1 aromatic heterocycles. The minimum absolute atomic E-state index is 0.142. The van der Waals surface area contributed by atoms with Crippen LogP contribution in [0.3, 0.4) is 0 Å². The summed E-state index contributed by atoms with van der Waals surface area (Å²) < 4.78 is 0. The zero-order valence-corrected chi connectivity index (χ0v) is 9.75. The summed E-state index contributed by atoms with van der Waals surface area (Å²) in [4.78, 5) is 8.60. The molecule has 0 atom stereocenters. The van der Waals surface area contributed by atoms with Crippen molar-refractivity contribution in [2.24, 2.45) is 0 Å². The van der Waals surface area contributed by atoms with E-state index in [2.05, 4.69) is 42.1 Å². The van der Waals surface area contributed by atoms with Crippen molar-refractivity contribution >= 4 is 5.82 Å². The second kappa shape index (κ2) is 3.80. The number of aromatic nitrogens is 2. The van der Waals surface area contributed by atoms with Crippen molar-refractivity contribution in [3.05, 3.63) is 18.1 Å². The van der Waals surface area contributed by atoms with Gasteiger partial charge in [-0.25, -0.2) is 9.97 Å². The molecule has 0 amide bonds. The maximum atomic E-state index is 4.36. The van der Waals surface area contributed by atoms with Crippen LogP contribution in [-0.4, -0.2) is 16.0 Å². The average molecular weight is 205 g/mol. The topological polar surface area (TPSA) is 37.8 Å². The molecule has 3 heteroatoms. The summed E-state index contributed by atoms with van der Waals surface area (Å²) in [6, 6.07) is 2.74. The van der Waals surface area contributed by atoms with Crippen LogP contribution in [0.25, 0.3) is 0 Å². The Balaban J connectivity index is 2.17. The molecule has 1 saturated carbocycles. The molecular formula is C12H19N3. The third kappa shape index (κ3) is 2.46. The molecule has 0 aliphatic heterocycles. The van der Waals surface area contributed by atoms with Gasteiger partial charge in [-0.1, -0.05) is 20.8 Å². The number of nitrogens with one attached hydrogen (secondary N) is 1. The third-order valence-electron chi connectivity index (χ3n) is 3.17. The van der Waals surface area contributed by atoms with Crippen molar-refractivity contribution in [3.8, 4) is 0 Å². The molecule has 15 heavy (non-hydrogen) atoms. The summed E-state index contributed by atoms with van der Waals surface area (Å²) in [5.74, 6) is 0.976. The van der Waals surface area contributed by atoms with Gasteiger partial charge in [0.1, 0.15) is 12.1 Å². The summed E-state index contributed by atoms with van der Waals surface area (Å²) in [6.07, 6.45) is 5.30. The van der Waals surface area contributed by atoms with E-state index in [4.69, 9.17) is 0 Å². The molecule has 0 saturated heterocycles. The van der Waals surface area contributed by atoms with Gasteiger partial charge in [0.05, 0.1) is 5.69 Å². The van der Waals surface area contributed by atoms with Crippen LogP contribution >= 0.6 is 0 Å². The predicted molar refractivity (Wildman–Crippen MR) is 62.0 cm³/mol. The number of anilines is 1. The zero-order chi connectivity index (χ0) is 10.9. The Bertz CT molecular complexity index is 342. The van der Waals surface area contributed by atoms with Gasteiger partial charge >= 0.3 is 0 Å². The smallest absolute Gasteiger partial charge is 0.129 e. The molecule has 3 nitrogen and oxygen atoms in total. The highest BCUT2D eigenvalue weighted by Gasteiger charge is 2.23. The van der Waals surface area contributed by atoms with E-state index in [0.29, 0.717) is 6.04 Å². The normalized spacial score (nSPS) is 16.5. The number of hydrogen-bond donors (Lipinski definition) is 1. The van der Waals surface area contributed by atoms with Crippen LogP contribution in [0.5, 0.6) is 0 Å². The van der Waals surface area contributed by atoms with Crippen LogP contribution in [0.1, 0.15) is 45.7 Å². The van der Waals surface area contributed by atoms with E-state index in [1.165, 1.54) is 12.8 Å². The van der Waals surface area contributed by atoms with Crippen molar-refractivity contribution in [2.75, 3.05) is 5.32 Å². The summed E-state index contributed by atoms with van der Waals surface area (Å²) in [7, 11) is 0. The van der Waals surface area contributed by atoms with Crippen molar-refractivity contribution in [2.45, 2.75) is 51.5 Å². The van der Waals surface area contributed by atoms with Crippen LogP contribution in [0, 0.1) is 0 Å². The first kappa shape index (κ1) is 10.4. The van der Waals surface area contributed by atoms with Crippen molar-refractivity contribution in [1.29, 1.82) is 0 Å². The summed E-state index contributed by atoms with van der Waals surface area (Å²) in [5.41, 5.74) is 1.27. The SMILES string of the molecule is CCC(C)(C)c1cc(NC2CC2)ncn1. The molecular weight excluding hydrogens is 186 g/mol. The minimum atomic E-state index is 0.142. The Morgan fingerprint density at radius 3 is 2.73 bits per heavy atom. The zero-order valence-electron chi connectivity index (χ0n) is 9.75. The van der Waals surface area contributed by atoms with Crippen LogP contribution < -0.4 is 5.32 Å². The Hall–Kier alpha value is -1.12. The van der Waals surface area contributed by atoms with E-state index in [1.807, 2.05) is 0 Å². The molecule has 0 aromatic carbocycles. The van der Waals surface area contributed by atoms with Crippen molar-refractivity contribution < 1.29 is 0 Å². The Morgan fingerprint density at radius 1 is 1.40 bits per heavy atom. The van der Waals surface area contributed by atoms with E-state index >= 15 is 0 Å². The molecule has 1 aliphatic rings. The van der Waals surface area contributed by atoms with Gasteiger partial charge in [0.25, 0.3) is 0 Å². The van der Waals surface area contributed by atoms with Crippen LogP contribution in [0.4, 0.5) is 5.82 Å². The largest absolute Gasteiger partial charge is 0.367 e. The maximum absolute atomic E-state index is 4.36. The lowest BCUT2D eigenvalue weighted by molar-refractivity contribution is 0.489. The van der Waals surface area contributed by atoms with Crippen LogP contribution in [0.15, 0.2) is 12.4 Å². The van der Waals surface area contributed by atoms with E-state index in [9.17, 15) is 0 Å². The highest BCUT2D eigenvalue weighted by molar-refractivity contribution is 5.39. The quantitative estimate of drug-likeness (QED) is 0.821. The van der Waals surface area contributed by atoms with Gasteiger partial charge in [0, 0.05) is 17.5 Å². The number of hydrogen-bond acceptors (Lipinski definition) is 3. The molecule has 0 spiro atoms. The highest BCUT2D eigenvalue weighted by Crippen LogP contribution is 2.28. The molecule has 0 bridgehead atoms. The van der Waals surface area contributed by atoms with Gasteiger partial charge in [0.2, 0.25) is 0 Å². The van der Waals surface area contributed by atoms with Gasteiger partial charge in [-0.05, 0) is 19.3 Å². The molecule has 1 heterocycles. The first-order chi connectivity index (χ1) is 7.12. The van der Waals surface area contributed by atoms with E-state index in [0.717, 1.165) is 17.9 Å². The number of rotatable bonds is 4. The predicted octanol–water partition coefficient (Wildman–Crippen LogP) is 2.74. The number of nitrogens with zero attached hydrogens (tertiary/aromatic N) is 2. The maximum Gasteiger partial charge on any atom is 0.129 e. The Morgan fingerprint density at radius 2 is 2.13 bits per heavy atom. The van der Waals surface area contributed by atoms with Gasteiger partial charge in [-0.3, -0.25) is 0 Å². The minimum Gasteiger partial charge on any atom is -0.367 e. The molecule has 0 unspecified atom stereocenters. The van der Waals surface area contributed by atoms with Gasteiger partial charge < -0.3 is 5.32 Å². The lowest BCUT2D eigenvalue weighted by atomic mass is 9.86. The molecule has 1 aromatic rings. The summed E-state index contributed by atoms with van der Waals surface area (Å²) in [5, 5.41) is 3.40. The van der Waals surface area contributed by atoms with Crippen LogP contribution in [0.2, 0.25) is 0 Å². The van der Waals surface area contributed by atoms with Crippen LogP contribution in [-0.2, 0) is 5.41 Å². The van der Waals surface area contributed by atoms with Crippen molar-refractivity contribution in [1.82, 2.24) is 9.97 Å². The average Bonchev–Trinajstić information content (AvgIpc) is 3.02. The first-order valence-corrected chi connectivity index (χ1v) is 5.71. The summed E-state index contributed by atoms with van der Waals surface area (Å²) >= 11 is 0. The van der Waals surface area contributed by atoms with Gasteiger partial charge in [0.15, 0.2) is 0 Å². The van der Waals surface area contributed by atoms with E-state index in [-0.39, 0.29) is 5.41 Å². The molecule has 1 aliphatic carbocycles. The fourth-order valence-electron chi connectivity index (χ4n) is 1.42. The molecule has 2 rings (SSSR count). The van der Waals surface area contributed by atoms with E-state index in [1.54, 1.807) is 6.33 Å². The molecule has 82 valence electrons. The van der Waals surface area contributed by atoms with Gasteiger partial charge in [-0.2, -0.15) is 0 Å². The molecule has 1 N–H and O–H groups in total. The molecule has 1 fully saturated rings. The second-order valence-corrected chi connectivity index (χ2v) is 4.94. The Labute approximate surface area is 91.3 Å². The standard InChI is InChI=1S/C12H19N3/c1-4-12(2,3)10-7-11(14-8-13-10)15-9-5-6-9/h7-9H,4-6H2,1-3H3,(H,13,14,15). The lowest BCUT2D eigenvalue weighted by Gasteiger charge is -2.22. The third-order valence-corrected chi connectivity index (χ3v) is 3.17. The summed E-state index contributed by atoms with van der Waals surface area (Å²) in [6.45, 7) is 6.63. The Kier molecular flexibility index (Phi) is 2.63. The second-order valence-electron chi connectivity index (χ2n) is 4.94. The fraction of sp³-hybridized carbons (Fsp3) is 0.667. The van der Waals surface area contributed by atoms with Gasteiger partial charge in [-0.15, -0.1) is 0 Å². The molecule has 0 radical (unpaired) electrons. The highest BCUT2D eigenvalue weighted by atomic mass is 15.1. The van der Waals surface area contributed by atoms with E-state index < -0.39 is 0 Å². The monoisotopic (exact) mass is 205 g/mol. The first-order valence-electron chi connectivity index (χ1n) is 5.71. The van der Waals surface area contributed by atoms with Crippen molar-refractivity contribution in [3.63, 3.8) is 0 Å².